The average Bonchev–Trinajstić information content (AvgIpc) is 3.28. The van der Waals surface area contributed by atoms with Crippen LogP contribution in [0.25, 0.3) is 0 Å². The van der Waals surface area contributed by atoms with Crippen LogP contribution >= 0.6 is 0 Å². The molecule has 1 aliphatic heterocycles. The Kier molecular flexibility index (Phi) is 40.6. The van der Waals surface area contributed by atoms with Crippen LogP contribution in [0.4, 0.5) is 0 Å². The zero-order valence-corrected chi connectivity index (χ0v) is 40.1. The van der Waals surface area contributed by atoms with E-state index in [0.717, 1.165) is 83.5 Å². The molecule has 0 aromatic carbocycles. The van der Waals surface area contributed by atoms with Gasteiger partial charge >= 0.3 is 11.9 Å². The van der Waals surface area contributed by atoms with Crippen LogP contribution in [0, 0.1) is 0 Å². The van der Waals surface area contributed by atoms with Gasteiger partial charge in [-0.3, -0.25) is 9.59 Å². The monoisotopic (exact) mass is 891 g/mol. The van der Waals surface area contributed by atoms with Gasteiger partial charge in [-0.15, -0.1) is 0 Å². The molecule has 0 saturated carbocycles. The van der Waals surface area contributed by atoms with Crippen molar-refractivity contribution in [3.8, 4) is 0 Å². The molecule has 0 bridgehead atoms. The third-order valence-electron chi connectivity index (χ3n) is 11.7. The summed E-state index contributed by atoms with van der Waals surface area (Å²) >= 11 is 0. The fraction of sp³-hybridized carbons (Fsp3) is 0.811. The number of esters is 2. The Morgan fingerprint density at radius 2 is 0.937 bits per heavy atom. The van der Waals surface area contributed by atoms with Gasteiger partial charge in [-0.1, -0.05) is 204 Å². The van der Waals surface area contributed by atoms with E-state index in [2.05, 4.69) is 62.5 Å². The van der Waals surface area contributed by atoms with Crippen molar-refractivity contribution >= 4 is 11.9 Å². The lowest BCUT2D eigenvalue weighted by atomic mass is 9.99. The highest BCUT2D eigenvalue weighted by molar-refractivity contribution is 5.70. The van der Waals surface area contributed by atoms with Crippen molar-refractivity contribution in [3.63, 3.8) is 0 Å². The topological polar surface area (TPSA) is 152 Å². The van der Waals surface area contributed by atoms with E-state index in [0.29, 0.717) is 6.42 Å². The van der Waals surface area contributed by atoms with Gasteiger partial charge < -0.3 is 39.4 Å². The minimum Gasteiger partial charge on any atom is -0.462 e. The third kappa shape index (κ3) is 34.6. The summed E-state index contributed by atoms with van der Waals surface area (Å²) in [5.74, 6) is -0.815. The quantitative estimate of drug-likeness (QED) is 0.0264. The summed E-state index contributed by atoms with van der Waals surface area (Å²) in [7, 11) is 0. The number of ether oxygens (including phenoxy) is 4. The standard InChI is InChI=1S/C53H94O10/c1-3-5-7-9-11-13-15-17-19-21-23-25-27-29-31-33-35-37-39-41-48(55)60-44-46(45-61-53-52(59)51(58)50(57)47(43-54)63-53)62-49(56)42-40-38-36-34-32-30-28-26-24-22-20-18-16-14-12-10-8-6-4-2/h6,8,12,14,18,20,24,26,46-47,50-54,57-59H,3-5,7,9-11,13,15-17,19,21-23,25,27-45H2,1-2H3/b8-6-,14-12-,20-18-,26-24-. The zero-order chi connectivity index (χ0) is 45.9. The molecule has 63 heavy (non-hydrogen) atoms. The van der Waals surface area contributed by atoms with Gasteiger partial charge in [-0.25, -0.2) is 0 Å². The van der Waals surface area contributed by atoms with Gasteiger partial charge in [0.25, 0.3) is 0 Å². The summed E-state index contributed by atoms with van der Waals surface area (Å²) in [5.41, 5.74) is 0. The Morgan fingerprint density at radius 3 is 1.41 bits per heavy atom. The van der Waals surface area contributed by atoms with Crippen LogP contribution in [-0.4, -0.2) is 89.0 Å². The SMILES string of the molecule is CC/C=C\C/C=C\C/C=C\C/C=C\CCCCCCCCC(=O)OC(COC(=O)CCCCCCCCCCCCCCCCCCCCC)COC1OC(CO)C(O)C(O)C1O. The Labute approximate surface area is 384 Å². The van der Waals surface area contributed by atoms with Crippen molar-refractivity contribution in [2.75, 3.05) is 19.8 Å². The fourth-order valence-corrected chi connectivity index (χ4v) is 7.71. The predicted molar refractivity (Wildman–Crippen MR) is 256 cm³/mol. The summed E-state index contributed by atoms with van der Waals surface area (Å²) in [5, 5.41) is 40.2. The second-order valence-electron chi connectivity index (χ2n) is 17.6. The van der Waals surface area contributed by atoms with E-state index in [1.165, 1.54) is 103 Å². The van der Waals surface area contributed by atoms with Crippen LogP contribution < -0.4 is 0 Å². The van der Waals surface area contributed by atoms with Crippen LogP contribution in [0.3, 0.4) is 0 Å². The molecular weight excluding hydrogens is 797 g/mol. The van der Waals surface area contributed by atoms with Gasteiger partial charge in [-0.05, 0) is 51.4 Å². The Balaban J connectivity index is 2.27. The molecule has 6 atom stereocenters. The summed E-state index contributed by atoms with van der Waals surface area (Å²) < 4.78 is 22.2. The second kappa shape index (κ2) is 43.5. The summed E-state index contributed by atoms with van der Waals surface area (Å²) in [6.45, 7) is 3.32. The Morgan fingerprint density at radius 1 is 0.508 bits per heavy atom. The molecule has 1 saturated heterocycles. The Hall–Kier alpha value is -2.34. The van der Waals surface area contributed by atoms with Crippen molar-refractivity contribution in [1.29, 1.82) is 0 Å². The van der Waals surface area contributed by atoms with E-state index in [9.17, 15) is 30.0 Å². The van der Waals surface area contributed by atoms with Gasteiger partial charge in [0.05, 0.1) is 13.2 Å². The first-order valence-electron chi connectivity index (χ1n) is 25.7. The number of unbranched alkanes of at least 4 members (excludes halogenated alkanes) is 24. The first-order chi connectivity index (χ1) is 30.8. The van der Waals surface area contributed by atoms with E-state index in [1.54, 1.807) is 0 Å². The van der Waals surface area contributed by atoms with Crippen LogP contribution in [-0.2, 0) is 28.5 Å². The highest BCUT2D eigenvalue weighted by atomic mass is 16.7. The normalized spacial score (nSPS) is 19.9. The van der Waals surface area contributed by atoms with E-state index in [-0.39, 0.29) is 32.0 Å². The maximum atomic E-state index is 12.8. The minimum absolute atomic E-state index is 0.214. The van der Waals surface area contributed by atoms with Gasteiger partial charge in [0.1, 0.15) is 31.0 Å². The lowest BCUT2D eigenvalue weighted by Gasteiger charge is -2.39. The largest absolute Gasteiger partial charge is 0.462 e. The molecule has 1 rings (SSSR count). The van der Waals surface area contributed by atoms with Crippen molar-refractivity contribution in [2.45, 2.75) is 256 Å². The summed E-state index contributed by atoms with van der Waals surface area (Å²) in [4.78, 5) is 25.5. The highest BCUT2D eigenvalue weighted by Crippen LogP contribution is 2.23. The molecule has 366 valence electrons. The van der Waals surface area contributed by atoms with Crippen molar-refractivity contribution in [3.05, 3.63) is 48.6 Å². The first kappa shape index (κ1) is 58.7. The first-order valence-corrected chi connectivity index (χ1v) is 25.7. The van der Waals surface area contributed by atoms with E-state index in [4.69, 9.17) is 18.9 Å². The zero-order valence-electron chi connectivity index (χ0n) is 40.1. The van der Waals surface area contributed by atoms with E-state index in [1.807, 2.05) is 0 Å². The van der Waals surface area contributed by atoms with Crippen LogP contribution in [0.5, 0.6) is 0 Å². The molecule has 0 spiro atoms. The molecule has 10 nitrogen and oxygen atoms in total. The number of allylic oxidation sites excluding steroid dienone is 8. The van der Waals surface area contributed by atoms with Gasteiger partial charge in [0.2, 0.25) is 0 Å². The molecule has 0 aromatic heterocycles. The molecule has 0 aromatic rings. The minimum atomic E-state index is -1.60. The predicted octanol–water partition coefficient (Wildman–Crippen LogP) is 12.0. The number of carbonyl (C=O) groups excluding carboxylic acids is 2. The molecule has 1 fully saturated rings. The summed E-state index contributed by atoms with van der Waals surface area (Å²) in [6.07, 6.45) is 45.4. The number of rotatable bonds is 43. The number of hydrogen-bond donors (Lipinski definition) is 4. The van der Waals surface area contributed by atoms with Crippen molar-refractivity contribution < 1.29 is 49.0 Å². The number of carbonyl (C=O) groups is 2. The molecule has 0 radical (unpaired) electrons. The Bertz CT molecular complexity index is 1170. The van der Waals surface area contributed by atoms with Crippen LogP contribution in [0.1, 0.15) is 219 Å². The van der Waals surface area contributed by atoms with Crippen LogP contribution in [0.2, 0.25) is 0 Å². The third-order valence-corrected chi connectivity index (χ3v) is 11.7. The molecule has 1 aliphatic rings. The lowest BCUT2D eigenvalue weighted by molar-refractivity contribution is -0.305. The van der Waals surface area contributed by atoms with Gasteiger partial charge in [-0.2, -0.15) is 0 Å². The maximum Gasteiger partial charge on any atom is 0.306 e. The maximum absolute atomic E-state index is 12.8. The molecule has 6 unspecified atom stereocenters. The number of aliphatic hydroxyl groups is 4. The molecule has 0 amide bonds. The van der Waals surface area contributed by atoms with Gasteiger partial charge in [0.15, 0.2) is 12.4 Å². The van der Waals surface area contributed by atoms with Crippen molar-refractivity contribution in [1.82, 2.24) is 0 Å². The summed E-state index contributed by atoms with van der Waals surface area (Å²) in [6, 6.07) is 0. The number of aliphatic hydroxyl groups excluding tert-OH is 4. The van der Waals surface area contributed by atoms with Crippen LogP contribution in [0.15, 0.2) is 48.6 Å². The molecule has 1 heterocycles. The smallest absolute Gasteiger partial charge is 0.306 e. The fourth-order valence-electron chi connectivity index (χ4n) is 7.71. The molecule has 4 N–H and O–H groups in total. The molecular formula is C53H94O10. The molecule has 10 heteroatoms. The highest BCUT2D eigenvalue weighted by Gasteiger charge is 2.44. The van der Waals surface area contributed by atoms with Gasteiger partial charge in [0, 0.05) is 12.8 Å². The van der Waals surface area contributed by atoms with E-state index >= 15 is 0 Å². The average molecular weight is 891 g/mol. The second-order valence-corrected chi connectivity index (χ2v) is 17.6. The number of hydrogen-bond acceptors (Lipinski definition) is 10. The van der Waals surface area contributed by atoms with E-state index < -0.39 is 49.4 Å². The lowest BCUT2D eigenvalue weighted by Crippen LogP contribution is -2.59. The van der Waals surface area contributed by atoms with Crippen molar-refractivity contribution in [2.24, 2.45) is 0 Å². The molecule has 0 aliphatic carbocycles.